The zero-order chi connectivity index (χ0) is 28.3. The van der Waals surface area contributed by atoms with E-state index in [0.29, 0.717) is 44.8 Å². The van der Waals surface area contributed by atoms with Crippen molar-refractivity contribution in [3.8, 4) is 12.1 Å². The van der Waals surface area contributed by atoms with Crippen LogP contribution in [0, 0.1) is 11.3 Å². The first-order valence-corrected chi connectivity index (χ1v) is 14.8. The lowest BCUT2D eigenvalue weighted by Gasteiger charge is -2.42. The molecule has 0 N–H and O–H groups in total. The van der Waals surface area contributed by atoms with Crippen molar-refractivity contribution in [1.82, 2.24) is 29.6 Å². The van der Waals surface area contributed by atoms with E-state index in [-0.39, 0.29) is 18.4 Å². The topological polar surface area (TPSA) is 104 Å². The SMILES string of the molecule is C=CC(=O)N1CCN(c2nc(OC[C@@H]3CCCN3C)nc3c2CCN(C2=CC=CN4CCCN=C24)C3)C[C@@H]1CC#N. The van der Waals surface area contributed by atoms with E-state index in [1.165, 1.54) is 12.5 Å². The number of nitriles is 1. The third kappa shape index (κ3) is 5.53. The van der Waals surface area contributed by atoms with Gasteiger partial charge in [-0.3, -0.25) is 9.79 Å². The number of hydrogen-bond acceptors (Lipinski definition) is 10. The Hall–Kier alpha value is -3.91. The molecule has 0 spiro atoms. The molecule has 1 aromatic heterocycles. The van der Waals surface area contributed by atoms with Crippen molar-refractivity contribution < 1.29 is 9.53 Å². The van der Waals surface area contributed by atoms with Crippen LogP contribution in [0.2, 0.25) is 0 Å². The summed E-state index contributed by atoms with van der Waals surface area (Å²) in [6.45, 7) is 10.3. The Balaban J connectivity index is 1.30. The number of rotatable bonds is 7. The average Bonchev–Trinajstić information content (AvgIpc) is 3.43. The zero-order valence-corrected chi connectivity index (χ0v) is 23.9. The number of likely N-dealkylation sites (tertiary alicyclic amines) is 1. The molecule has 0 unspecified atom stereocenters. The van der Waals surface area contributed by atoms with Gasteiger partial charge in [0.25, 0.3) is 0 Å². The minimum atomic E-state index is -0.226. The van der Waals surface area contributed by atoms with Crippen LogP contribution in [0.15, 0.2) is 41.7 Å². The number of piperazine rings is 1. The third-order valence-electron chi connectivity index (χ3n) is 8.85. The Morgan fingerprint density at radius 1 is 1.17 bits per heavy atom. The molecule has 6 heterocycles. The second-order valence-electron chi connectivity index (χ2n) is 11.4. The molecule has 11 nitrogen and oxygen atoms in total. The van der Waals surface area contributed by atoms with Crippen molar-refractivity contribution in [2.45, 2.75) is 50.7 Å². The van der Waals surface area contributed by atoms with Gasteiger partial charge in [-0.15, -0.1) is 0 Å². The highest BCUT2D eigenvalue weighted by molar-refractivity contribution is 6.00. The molecule has 1 aromatic rings. The summed E-state index contributed by atoms with van der Waals surface area (Å²) in [6.07, 6.45) is 12.1. The van der Waals surface area contributed by atoms with Crippen LogP contribution in [0.3, 0.4) is 0 Å². The number of fused-ring (bicyclic) bond motifs is 2. The van der Waals surface area contributed by atoms with Crippen molar-refractivity contribution in [2.24, 2.45) is 4.99 Å². The lowest BCUT2D eigenvalue weighted by Crippen LogP contribution is -2.55. The molecule has 5 aliphatic heterocycles. The second-order valence-corrected chi connectivity index (χ2v) is 11.4. The largest absolute Gasteiger partial charge is 0.462 e. The summed E-state index contributed by atoms with van der Waals surface area (Å²) in [5, 5.41) is 9.50. The third-order valence-corrected chi connectivity index (χ3v) is 8.85. The van der Waals surface area contributed by atoms with E-state index in [9.17, 15) is 10.1 Å². The molecule has 0 saturated carbocycles. The van der Waals surface area contributed by atoms with Gasteiger partial charge in [-0.1, -0.05) is 6.58 Å². The molecular weight excluding hydrogens is 518 g/mol. The van der Waals surface area contributed by atoms with Crippen molar-refractivity contribution in [1.29, 1.82) is 5.26 Å². The summed E-state index contributed by atoms with van der Waals surface area (Å²) >= 11 is 0. The van der Waals surface area contributed by atoms with Crippen LogP contribution < -0.4 is 9.64 Å². The fraction of sp³-hybridized carbons (Fsp3) is 0.567. The maximum atomic E-state index is 12.5. The lowest BCUT2D eigenvalue weighted by atomic mass is 10.0. The van der Waals surface area contributed by atoms with E-state index in [0.717, 1.165) is 74.0 Å². The normalized spacial score (nSPS) is 24.3. The van der Waals surface area contributed by atoms with Gasteiger partial charge in [0.05, 0.1) is 36.5 Å². The standard InChI is InChI=1S/C30H39N9O2/c1-3-27(40)39-18-17-38(19-22(39)9-11-31)28-24-10-16-37(26-8-5-14-36-15-6-12-32-29(26)36)20-25(24)33-30(34-28)41-21-23-7-4-13-35(23)2/h3,5,8,14,22-23H,1,4,6-7,9-10,12-13,15-21H2,2H3/t22-,23-/m0/s1. The fourth-order valence-electron chi connectivity index (χ4n) is 6.57. The number of allylic oxidation sites excluding steroid dienone is 2. The van der Waals surface area contributed by atoms with Crippen molar-refractivity contribution in [3.63, 3.8) is 0 Å². The molecule has 0 aromatic carbocycles. The molecule has 0 radical (unpaired) electrons. The van der Waals surface area contributed by atoms with Crippen LogP contribution in [0.1, 0.15) is 36.9 Å². The summed E-state index contributed by atoms with van der Waals surface area (Å²) < 4.78 is 6.28. The Morgan fingerprint density at radius 3 is 2.88 bits per heavy atom. The minimum absolute atomic E-state index is 0.135. The quantitative estimate of drug-likeness (QED) is 0.465. The van der Waals surface area contributed by atoms with Gasteiger partial charge in [0.1, 0.15) is 12.4 Å². The maximum Gasteiger partial charge on any atom is 0.318 e. The Bertz CT molecular complexity index is 1320. The first-order valence-electron chi connectivity index (χ1n) is 14.8. The van der Waals surface area contributed by atoms with Gasteiger partial charge in [-0.25, -0.2) is 0 Å². The van der Waals surface area contributed by atoms with Gasteiger partial charge in [0.2, 0.25) is 5.91 Å². The Labute approximate surface area is 242 Å². The summed E-state index contributed by atoms with van der Waals surface area (Å²) in [5.41, 5.74) is 3.23. The number of aromatic nitrogens is 2. The lowest BCUT2D eigenvalue weighted by molar-refractivity contribution is -0.128. The maximum absolute atomic E-state index is 12.5. The number of amides is 1. The first kappa shape index (κ1) is 27.3. The number of likely N-dealkylation sites (N-methyl/N-ethyl adjacent to an activating group) is 1. The summed E-state index contributed by atoms with van der Waals surface area (Å²) in [7, 11) is 2.14. The van der Waals surface area contributed by atoms with Gasteiger partial charge in [-0.05, 0) is 57.5 Å². The second kappa shape index (κ2) is 11.9. The highest BCUT2D eigenvalue weighted by Gasteiger charge is 2.34. The molecule has 5 aliphatic rings. The molecule has 6 rings (SSSR count). The number of amidine groups is 1. The number of aliphatic imine (C=N–C) groups is 1. The van der Waals surface area contributed by atoms with Crippen LogP contribution >= 0.6 is 0 Å². The van der Waals surface area contributed by atoms with Crippen LogP contribution in [0.5, 0.6) is 6.01 Å². The predicted molar refractivity (Wildman–Crippen MR) is 156 cm³/mol. The molecule has 216 valence electrons. The van der Waals surface area contributed by atoms with Crippen molar-refractivity contribution in [2.75, 3.05) is 64.4 Å². The molecule has 41 heavy (non-hydrogen) atoms. The van der Waals surface area contributed by atoms with Crippen molar-refractivity contribution in [3.05, 3.63) is 48.0 Å². The highest BCUT2D eigenvalue weighted by Crippen LogP contribution is 2.33. The minimum Gasteiger partial charge on any atom is -0.462 e. The van der Waals surface area contributed by atoms with Crippen LogP contribution in [0.25, 0.3) is 0 Å². The van der Waals surface area contributed by atoms with E-state index in [1.807, 2.05) is 0 Å². The number of carbonyl (C=O) groups is 1. The number of anilines is 1. The van der Waals surface area contributed by atoms with Crippen molar-refractivity contribution >= 4 is 17.6 Å². The fourth-order valence-corrected chi connectivity index (χ4v) is 6.57. The molecule has 1 amide bonds. The average molecular weight is 558 g/mol. The number of carbonyl (C=O) groups excluding carboxylic acids is 1. The molecular formula is C30H39N9O2. The van der Waals surface area contributed by atoms with Gasteiger partial charge in [-0.2, -0.15) is 15.2 Å². The first-order chi connectivity index (χ1) is 20.1. The van der Waals surface area contributed by atoms with Crippen LogP contribution in [0.4, 0.5) is 5.82 Å². The van der Waals surface area contributed by atoms with E-state index < -0.39 is 0 Å². The van der Waals surface area contributed by atoms with E-state index in [2.05, 4.69) is 57.6 Å². The molecule has 2 atom stereocenters. The van der Waals surface area contributed by atoms with E-state index in [1.54, 1.807) is 4.90 Å². The summed E-state index contributed by atoms with van der Waals surface area (Å²) in [4.78, 5) is 38.2. The predicted octanol–water partition coefficient (Wildman–Crippen LogP) is 1.94. The smallest absolute Gasteiger partial charge is 0.318 e. The monoisotopic (exact) mass is 557 g/mol. The summed E-state index contributed by atoms with van der Waals surface area (Å²) in [6, 6.07) is 2.79. The highest BCUT2D eigenvalue weighted by atomic mass is 16.5. The molecule has 2 fully saturated rings. The van der Waals surface area contributed by atoms with E-state index >= 15 is 0 Å². The number of hydrogen-bond donors (Lipinski definition) is 0. The molecule has 0 aliphatic carbocycles. The summed E-state index contributed by atoms with van der Waals surface area (Å²) in [5.74, 6) is 1.77. The molecule has 11 heteroatoms. The van der Waals surface area contributed by atoms with Gasteiger partial charge in [0, 0.05) is 57.1 Å². The van der Waals surface area contributed by atoms with Gasteiger partial charge < -0.3 is 29.2 Å². The number of ether oxygens (including phenoxy) is 1. The van der Waals surface area contributed by atoms with E-state index in [4.69, 9.17) is 19.7 Å². The Morgan fingerprint density at radius 2 is 2.07 bits per heavy atom. The molecule has 2 saturated heterocycles. The van der Waals surface area contributed by atoms with Crippen LogP contribution in [-0.2, 0) is 17.8 Å². The van der Waals surface area contributed by atoms with Gasteiger partial charge in [0.15, 0.2) is 5.84 Å². The van der Waals surface area contributed by atoms with Crippen LogP contribution in [-0.4, -0.2) is 113 Å². The van der Waals surface area contributed by atoms with Gasteiger partial charge >= 0.3 is 6.01 Å². The zero-order valence-electron chi connectivity index (χ0n) is 23.9. The Kier molecular flexibility index (Phi) is 7.92. The number of nitrogens with zero attached hydrogens (tertiary/aromatic N) is 9. The molecule has 0 bridgehead atoms.